The van der Waals surface area contributed by atoms with Crippen LogP contribution in [-0.4, -0.2) is 27.1 Å². The van der Waals surface area contributed by atoms with Gasteiger partial charge in [0.1, 0.15) is 23.8 Å². The van der Waals surface area contributed by atoms with E-state index in [9.17, 15) is 13.2 Å². The fourth-order valence-corrected chi connectivity index (χ4v) is 5.27. The summed E-state index contributed by atoms with van der Waals surface area (Å²) < 4.78 is 43.7. The summed E-state index contributed by atoms with van der Waals surface area (Å²) in [5.74, 6) is -2.22. The van der Waals surface area contributed by atoms with Crippen LogP contribution in [0.15, 0.2) is 41.7 Å². The lowest BCUT2D eigenvalue weighted by Crippen LogP contribution is -2.37. The number of aromatic nitrogens is 2. The highest BCUT2D eigenvalue weighted by molar-refractivity contribution is 8.14. The molecule has 6 nitrogen and oxygen atoms in total. The topological polar surface area (TPSA) is 100.0 Å². The summed E-state index contributed by atoms with van der Waals surface area (Å²) in [7, 11) is 0. The molecule has 1 aliphatic carbocycles. The van der Waals surface area contributed by atoms with E-state index in [2.05, 4.69) is 20.3 Å². The van der Waals surface area contributed by atoms with Gasteiger partial charge in [-0.25, -0.2) is 23.1 Å². The number of nitriles is 1. The van der Waals surface area contributed by atoms with Crippen molar-refractivity contribution in [2.24, 2.45) is 16.6 Å². The highest BCUT2D eigenvalue weighted by Crippen LogP contribution is 2.58. The number of halogens is 3. The highest BCUT2D eigenvalue weighted by atomic mass is 32.2. The van der Waals surface area contributed by atoms with Gasteiger partial charge in [0, 0.05) is 46.3 Å². The van der Waals surface area contributed by atoms with Crippen LogP contribution in [0.5, 0.6) is 0 Å². The molecular formula is C21H15F3N6S. The molecule has 0 radical (unpaired) electrons. The molecule has 0 bridgehead atoms. The Morgan fingerprint density at radius 2 is 2.13 bits per heavy atom. The SMILES string of the molecule is N#Cc1cnc2c(Nc3cc(F)c(F)c([C@@]4(CF)N=C(N)SC5CC54)c3)nccc2c1. The maximum absolute atomic E-state index is 14.8. The number of nitrogens with zero attached hydrogens (tertiary/aromatic N) is 4. The third-order valence-corrected chi connectivity index (χ3v) is 6.77. The lowest BCUT2D eigenvalue weighted by molar-refractivity contribution is 0.269. The van der Waals surface area contributed by atoms with Gasteiger partial charge in [-0.3, -0.25) is 4.98 Å². The predicted octanol–water partition coefficient (Wildman–Crippen LogP) is 4.14. The summed E-state index contributed by atoms with van der Waals surface area (Å²) in [4.78, 5) is 12.7. The van der Waals surface area contributed by atoms with E-state index in [4.69, 9.17) is 11.0 Å². The number of amidine groups is 1. The number of nitrogens with one attached hydrogen (secondary N) is 1. The number of pyridine rings is 2. The van der Waals surface area contributed by atoms with Gasteiger partial charge in [-0.05, 0) is 24.6 Å². The van der Waals surface area contributed by atoms with Crippen molar-refractivity contribution in [3.63, 3.8) is 0 Å². The van der Waals surface area contributed by atoms with Crippen molar-refractivity contribution in [2.75, 3.05) is 12.0 Å². The van der Waals surface area contributed by atoms with Crippen molar-refractivity contribution in [3.8, 4) is 6.07 Å². The van der Waals surface area contributed by atoms with Gasteiger partial charge < -0.3 is 11.1 Å². The number of anilines is 2. The molecule has 5 rings (SSSR count). The van der Waals surface area contributed by atoms with Crippen LogP contribution in [0.3, 0.4) is 0 Å². The van der Waals surface area contributed by atoms with E-state index in [1.165, 1.54) is 30.2 Å². The largest absolute Gasteiger partial charge is 0.379 e. The van der Waals surface area contributed by atoms with Crippen molar-refractivity contribution >= 4 is 39.3 Å². The van der Waals surface area contributed by atoms with E-state index >= 15 is 0 Å². The minimum absolute atomic E-state index is 0.0468. The molecule has 10 heteroatoms. The molecule has 1 aliphatic heterocycles. The van der Waals surface area contributed by atoms with E-state index < -0.39 is 23.8 Å². The monoisotopic (exact) mass is 440 g/mol. The van der Waals surface area contributed by atoms with Crippen molar-refractivity contribution in [1.29, 1.82) is 5.26 Å². The Kier molecular flexibility index (Phi) is 4.51. The van der Waals surface area contributed by atoms with Crippen molar-refractivity contribution < 1.29 is 13.2 Å². The van der Waals surface area contributed by atoms with Crippen LogP contribution in [0, 0.1) is 28.9 Å². The number of fused-ring (bicyclic) bond motifs is 2. The molecule has 0 saturated heterocycles. The predicted molar refractivity (Wildman–Crippen MR) is 113 cm³/mol. The van der Waals surface area contributed by atoms with E-state index in [0.29, 0.717) is 28.7 Å². The Bertz CT molecular complexity index is 1290. The second-order valence-electron chi connectivity index (χ2n) is 7.52. The van der Waals surface area contributed by atoms with Gasteiger partial charge in [0.25, 0.3) is 0 Å². The molecule has 2 aromatic heterocycles. The molecule has 1 fully saturated rings. The lowest BCUT2D eigenvalue weighted by atomic mass is 9.85. The quantitative estimate of drug-likeness (QED) is 0.633. The number of thioether (sulfide) groups is 1. The van der Waals surface area contributed by atoms with Crippen LogP contribution in [0.2, 0.25) is 0 Å². The fraction of sp³-hybridized carbons (Fsp3) is 0.238. The first-order valence-electron chi connectivity index (χ1n) is 9.44. The summed E-state index contributed by atoms with van der Waals surface area (Å²) in [6.07, 6.45) is 3.54. The van der Waals surface area contributed by atoms with Gasteiger partial charge in [0.15, 0.2) is 22.6 Å². The highest BCUT2D eigenvalue weighted by Gasteiger charge is 2.58. The number of aliphatic imine (C=N–C) groups is 1. The number of rotatable bonds is 4. The summed E-state index contributed by atoms with van der Waals surface area (Å²) in [6.45, 7) is -0.986. The average Bonchev–Trinajstić information content (AvgIpc) is 3.55. The summed E-state index contributed by atoms with van der Waals surface area (Å²) in [6, 6.07) is 7.68. The van der Waals surface area contributed by atoms with E-state index in [0.717, 1.165) is 6.07 Å². The van der Waals surface area contributed by atoms with Gasteiger partial charge in [0.2, 0.25) is 0 Å². The Balaban J connectivity index is 1.60. The number of benzene rings is 1. The number of hydrogen-bond acceptors (Lipinski definition) is 7. The number of hydrogen-bond donors (Lipinski definition) is 2. The summed E-state index contributed by atoms with van der Waals surface area (Å²) in [5, 5.41) is 12.9. The first-order chi connectivity index (χ1) is 14.9. The van der Waals surface area contributed by atoms with Gasteiger partial charge in [0.05, 0.1) is 5.56 Å². The molecule has 3 atom stereocenters. The Morgan fingerprint density at radius 1 is 1.29 bits per heavy atom. The van der Waals surface area contributed by atoms with Crippen molar-refractivity contribution in [2.45, 2.75) is 17.2 Å². The van der Waals surface area contributed by atoms with Crippen LogP contribution >= 0.6 is 11.8 Å². The maximum atomic E-state index is 14.8. The van der Waals surface area contributed by atoms with E-state index in [1.807, 2.05) is 6.07 Å². The molecule has 2 unspecified atom stereocenters. The second kappa shape index (κ2) is 7.13. The first-order valence-corrected chi connectivity index (χ1v) is 10.3. The molecular weight excluding hydrogens is 425 g/mol. The molecule has 2 aliphatic rings. The number of alkyl halides is 1. The van der Waals surface area contributed by atoms with Crippen LogP contribution in [0.1, 0.15) is 17.5 Å². The Labute approximate surface area is 179 Å². The summed E-state index contributed by atoms with van der Waals surface area (Å²) in [5.41, 5.74) is 5.14. The Hall–Kier alpha value is -3.32. The molecule has 31 heavy (non-hydrogen) atoms. The van der Waals surface area contributed by atoms with Crippen LogP contribution in [-0.2, 0) is 5.54 Å². The normalized spacial score (nSPS) is 24.3. The molecule has 1 saturated carbocycles. The van der Waals surface area contributed by atoms with Gasteiger partial charge in [-0.15, -0.1) is 0 Å². The third-order valence-electron chi connectivity index (χ3n) is 5.62. The van der Waals surface area contributed by atoms with Gasteiger partial charge >= 0.3 is 0 Å². The fourth-order valence-electron chi connectivity index (χ4n) is 4.05. The van der Waals surface area contributed by atoms with Crippen molar-refractivity contribution in [1.82, 2.24) is 9.97 Å². The average molecular weight is 440 g/mol. The van der Waals surface area contributed by atoms with Gasteiger partial charge in [-0.1, -0.05) is 11.8 Å². The Morgan fingerprint density at radius 3 is 2.90 bits per heavy atom. The molecule has 3 aromatic rings. The smallest absolute Gasteiger partial charge is 0.164 e. The summed E-state index contributed by atoms with van der Waals surface area (Å²) >= 11 is 1.34. The zero-order valence-electron chi connectivity index (χ0n) is 15.9. The van der Waals surface area contributed by atoms with E-state index in [-0.39, 0.29) is 27.6 Å². The molecule has 3 heterocycles. The van der Waals surface area contributed by atoms with Crippen molar-refractivity contribution in [3.05, 3.63) is 59.4 Å². The van der Waals surface area contributed by atoms with Crippen LogP contribution in [0.25, 0.3) is 10.9 Å². The zero-order chi connectivity index (χ0) is 21.8. The first kappa shape index (κ1) is 19.6. The molecule has 156 valence electrons. The molecule has 1 aromatic carbocycles. The van der Waals surface area contributed by atoms with Crippen LogP contribution in [0.4, 0.5) is 24.7 Å². The number of nitrogens with two attached hydrogens (primary N) is 1. The third kappa shape index (κ3) is 3.16. The van der Waals surface area contributed by atoms with Crippen LogP contribution < -0.4 is 11.1 Å². The van der Waals surface area contributed by atoms with E-state index in [1.54, 1.807) is 12.1 Å². The lowest BCUT2D eigenvalue weighted by Gasteiger charge is -2.32. The second-order valence-corrected chi connectivity index (χ2v) is 8.78. The molecule has 0 spiro atoms. The molecule has 3 N–H and O–H groups in total. The zero-order valence-corrected chi connectivity index (χ0v) is 16.8. The minimum Gasteiger partial charge on any atom is -0.379 e. The van der Waals surface area contributed by atoms with Gasteiger partial charge in [-0.2, -0.15) is 5.26 Å². The maximum Gasteiger partial charge on any atom is 0.164 e. The minimum atomic E-state index is -1.55. The standard InChI is InChI=1S/C21H15F3N6S/c22-9-21(13-6-16(13)31-20(26)30-21)14-4-12(5-15(23)17(14)24)29-19-18-11(1-2-27-19)3-10(7-25)8-28-18/h1-5,8,13,16H,6,9H2,(H2,26,30)(H,27,29)/t13?,16?,21-/m0/s1. The molecule has 0 amide bonds.